The van der Waals surface area contributed by atoms with Crippen molar-refractivity contribution in [3.63, 3.8) is 0 Å². The average molecular weight is 367 g/mol. The van der Waals surface area contributed by atoms with E-state index in [2.05, 4.69) is 20.4 Å². The average Bonchev–Trinajstić information content (AvgIpc) is 3.37. The molecule has 1 amide bonds. The van der Waals surface area contributed by atoms with Gasteiger partial charge < -0.3 is 10.2 Å². The van der Waals surface area contributed by atoms with Crippen LogP contribution < -0.4 is 10.2 Å². The van der Waals surface area contributed by atoms with Gasteiger partial charge in [-0.1, -0.05) is 41.7 Å². The molecule has 0 radical (unpaired) electrons. The molecule has 1 aliphatic heterocycles. The maximum absolute atomic E-state index is 12.6. The Morgan fingerprint density at radius 2 is 1.77 bits per heavy atom. The van der Waals surface area contributed by atoms with Crippen LogP contribution in [0.5, 0.6) is 0 Å². The van der Waals surface area contributed by atoms with Crippen molar-refractivity contribution < 1.29 is 4.79 Å². The SMILES string of the molecule is O=C(NCc1ccccc1)c1cccn1-c1nnc(N2CCCCC2)s1. The van der Waals surface area contributed by atoms with Crippen molar-refractivity contribution in [2.45, 2.75) is 25.8 Å². The Bertz CT molecular complexity index is 867. The van der Waals surface area contributed by atoms with Gasteiger partial charge in [0.05, 0.1) is 0 Å². The minimum absolute atomic E-state index is 0.117. The Balaban J connectivity index is 1.48. The van der Waals surface area contributed by atoms with Gasteiger partial charge in [-0.3, -0.25) is 9.36 Å². The van der Waals surface area contributed by atoms with Crippen LogP contribution in [0.1, 0.15) is 35.3 Å². The van der Waals surface area contributed by atoms with Crippen molar-refractivity contribution in [2.24, 2.45) is 0 Å². The minimum atomic E-state index is -0.117. The summed E-state index contributed by atoms with van der Waals surface area (Å²) in [6.07, 6.45) is 5.54. The molecule has 7 heteroatoms. The highest BCUT2D eigenvalue weighted by Crippen LogP contribution is 2.26. The maximum Gasteiger partial charge on any atom is 0.268 e. The largest absolute Gasteiger partial charge is 0.347 e. The molecule has 1 aliphatic rings. The van der Waals surface area contributed by atoms with Gasteiger partial charge in [0, 0.05) is 25.8 Å². The van der Waals surface area contributed by atoms with E-state index in [1.165, 1.54) is 30.6 Å². The molecule has 3 aromatic rings. The highest BCUT2D eigenvalue weighted by molar-refractivity contribution is 7.17. The number of hydrogen-bond acceptors (Lipinski definition) is 5. The lowest BCUT2D eigenvalue weighted by molar-refractivity contribution is 0.0944. The molecule has 1 fully saturated rings. The topological polar surface area (TPSA) is 63.1 Å². The molecule has 26 heavy (non-hydrogen) atoms. The quantitative estimate of drug-likeness (QED) is 0.752. The Labute approximate surface area is 156 Å². The summed E-state index contributed by atoms with van der Waals surface area (Å²) < 4.78 is 1.81. The Hall–Kier alpha value is -2.67. The summed E-state index contributed by atoms with van der Waals surface area (Å²) >= 11 is 1.53. The van der Waals surface area contributed by atoms with Gasteiger partial charge in [0.15, 0.2) is 0 Å². The molecular formula is C19H21N5OS. The van der Waals surface area contributed by atoms with Crippen LogP contribution >= 0.6 is 11.3 Å². The fourth-order valence-electron chi connectivity index (χ4n) is 3.12. The summed E-state index contributed by atoms with van der Waals surface area (Å²) in [5.41, 5.74) is 1.64. The van der Waals surface area contributed by atoms with E-state index in [9.17, 15) is 4.79 Å². The number of nitrogens with one attached hydrogen (secondary N) is 1. The molecule has 4 rings (SSSR count). The number of benzene rings is 1. The van der Waals surface area contributed by atoms with Crippen molar-refractivity contribution in [1.29, 1.82) is 0 Å². The van der Waals surface area contributed by atoms with Crippen LogP contribution in [-0.2, 0) is 6.54 Å². The Kier molecular flexibility index (Phi) is 4.97. The third kappa shape index (κ3) is 3.62. The van der Waals surface area contributed by atoms with E-state index in [-0.39, 0.29) is 5.91 Å². The molecule has 1 aromatic carbocycles. The van der Waals surface area contributed by atoms with E-state index in [4.69, 9.17) is 0 Å². The van der Waals surface area contributed by atoms with E-state index in [1.807, 2.05) is 53.2 Å². The minimum Gasteiger partial charge on any atom is -0.347 e. The molecule has 0 bridgehead atoms. The van der Waals surface area contributed by atoms with Crippen LogP contribution in [0.3, 0.4) is 0 Å². The molecule has 0 atom stereocenters. The van der Waals surface area contributed by atoms with E-state index in [0.29, 0.717) is 12.2 Å². The fraction of sp³-hybridized carbons (Fsp3) is 0.316. The summed E-state index contributed by atoms with van der Waals surface area (Å²) in [4.78, 5) is 14.9. The number of hydrogen-bond donors (Lipinski definition) is 1. The highest BCUT2D eigenvalue weighted by atomic mass is 32.1. The zero-order valence-electron chi connectivity index (χ0n) is 14.5. The van der Waals surface area contributed by atoms with Crippen molar-refractivity contribution >= 4 is 22.4 Å². The molecule has 0 unspecified atom stereocenters. The molecule has 0 spiro atoms. The third-order valence-corrected chi connectivity index (χ3v) is 5.50. The Morgan fingerprint density at radius 3 is 2.58 bits per heavy atom. The van der Waals surface area contributed by atoms with Crippen LogP contribution in [-0.4, -0.2) is 33.8 Å². The van der Waals surface area contributed by atoms with Crippen molar-refractivity contribution in [1.82, 2.24) is 20.1 Å². The van der Waals surface area contributed by atoms with Gasteiger partial charge in [0.25, 0.3) is 5.91 Å². The molecule has 2 aromatic heterocycles. The molecular weight excluding hydrogens is 346 g/mol. The summed E-state index contributed by atoms with van der Waals surface area (Å²) in [6, 6.07) is 13.6. The van der Waals surface area contributed by atoms with Gasteiger partial charge in [-0.15, -0.1) is 10.2 Å². The molecule has 3 heterocycles. The van der Waals surface area contributed by atoms with E-state index < -0.39 is 0 Å². The second-order valence-corrected chi connectivity index (χ2v) is 7.28. The first-order valence-electron chi connectivity index (χ1n) is 8.89. The smallest absolute Gasteiger partial charge is 0.268 e. The molecule has 1 N–H and O–H groups in total. The van der Waals surface area contributed by atoms with Gasteiger partial charge in [-0.25, -0.2) is 0 Å². The molecule has 134 valence electrons. The number of carbonyl (C=O) groups excluding carboxylic acids is 1. The lowest BCUT2D eigenvalue weighted by Gasteiger charge is -2.25. The van der Waals surface area contributed by atoms with Crippen molar-refractivity contribution in [2.75, 3.05) is 18.0 Å². The maximum atomic E-state index is 12.6. The van der Waals surface area contributed by atoms with E-state index in [0.717, 1.165) is 28.9 Å². The number of nitrogens with zero attached hydrogens (tertiary/aromatic N) is 4. The van der Waals surface area contributed by atoms with E-state index in [1.54, 1.807) is 0 Å². The van der Waals surface area contributed by atoms with Gasteiger partial charge in [-0.2, -0.15) is 0 Å². The number of aromatic nitrogens is 3. The number of carbonyl (C=O) groups is 1. The number of amides is 1. The fourth-order valence-corrected chi connectivity index (χ4v) is 4.02. The molecule has 0 aliphatic carbocycles. The van der Waals surface area contributed by atoms with Crippen LogP contribution in [0.2, 0.25) is 0 Å². The molecule has 0 saturated carbocycles. The van der Waals surface area contributed by atoms with Crippen molar-refractivity contribution in [3.8, 4) is 5.13 Å². The number of anilines is 1. The van der Waals surface area contributed by atoms with E-state index >= 15 is 0 Å². The van der Waals surface area contributed by atoms with Gasteiger partial charge in [0.2, 0.25) is 10.3 Å². The highest BCUT2D eigenvalue weighted by Gasteiger charge is 2.18. The number of rotatable bonds is 5. The van der Waals surface area contributed by atoms with Gasteiger partial charge in [0.1, 0.15) is 5.69 Å². The lowest BCUT2D eigenvalue weighted by atomic mass is 10.1. The normalized spacial score (nSPS) is 14.4. The molecule has 6 nitrogen and oxygen atoms in total. The van der Waals surface area contributed by atoms with Crippen LogP contribution in [0.4, 0.5) is 5.13 Å². The van der Waals surface area contributed by atoms with Crippen LogP contribution in [0, 0.1) is 0 Å². The monoisotopic (exact) mass is 367 g/mol. The van der Waals surface area contributed by atoms with Crippen LogP contribution in [0.25, 0.3) is 5.13 Å². The summed E-state index contributed by atoms with van der Waals surface area (Å²) in [5, 5.41) is 13.3. The zero-order chi connectivity index (χ0) is 17.8. The van der Waals surface area contributed by atoms with Gasteiger partial charge >= 0.3 is 0 Å². The second-order valence-electron chi connectivity index (χ2n) is 6.35. The third-order valence-electron chi connectivity index (χ3n) is 4.51. The predicted molar refractivity (Wildman–Crippen MR) is 103 cm³/mol. The summed E-state index contributed by atoms with van der Waals surface area (Å²) in [6.45, 7) is 2.56. The summed E-state index contributed by atoms with van der Waals surface area (Å²) in [5.74, 6) is -0.117. The zero-order valence-corrected chi connectivity index (χ0v) is 15.3. The lowest BCUT2D eigenvalue weighted by Crippen LogP contribution is -2.29. The standard InChI is InChI=1S/C19H21N5OS/c25-17(20-14-15-8-3-1-4-9-15)16-10-7-13-24(16)19-22-21-18(26-19)23-11-5-2-6-12-23/h1,3-4,7-10,13H,2,5-6,11-12,14H2,(H,20,25). The molecule has 1 saturated heterocycles. The first-order valence-corrected chi connectivity index (χ1v) is 9.71. The summed E-state index contributed by atoms with van der Waals surface area (Å²) in [7, 11) is 0. The van der Waals surface area contributed by atoms with Gasteiger partial charge in [-0.05, 0) is 37.0 Å². The number of piperidine rings is 1. The van der Waals surface area contributed by atoms with Crippen LogP contribution in [0.15, 0.2) is 48.7 Å². The predicted octanol–water partition coefficient (Wildman–Crippen LogP) is 3.25. The first-order chi connectivity index (χ1) is 12.8. The first kappa shape index (κ1) is 16.8. The van der Waals surface area contributed by atoms with Crippen molar-refractivity contribution in [3.05, 3.63) is 59.9 Å². The Morgan fingerprint density at radius 1 is 1.00 bits per heavy atom. The second kappa shape index (κ2) is 7.70.